The molecule has 0 aromatic carbocycles. The molecule has 0 fully saturated rings. The molecule has 0 rings (SSSR count). The Morgan fingerprint density at radius 1 is 0.765 bits per heavy atom. The van der Waals surface area contributed by atoms with E-state index < -0.39 is 0 Å². The maximum atomic E-state index is 2.39. The fourth-order valence-electron chi connectivity index (χ4n) is 1.76. The summed E-state index contributed by atoms with van der Waals surface area (Å²) in [6.07, 6.45) is 14.2. The molecule has 0 aliphatic heterocycles. The molecule has 0 aromatic heterocycles. The fraction of sp³-hybridized carbons (Fsp3) is 0.647. The molecule has 0 aliphatic carbocycles. The van der Waals surface area contributed by atoms with Crippen LogP contribution in [0.2, 0.25) is 0 Å². The number of allylic oxidation sites excluding steroid dienone is 6. The van der Waals surface area contributed by atoms with Crippen molar-refractivity contribution in [2.45, 2.75) is 73.1 Å². The highest BCUT2D eigenvalue weighted by atomic mass is 14.0. The van der Waals surface area contributed by atoms with E-state index in [2.05, 4.69) is 52.8 Å². The van der Waals surface area contributed by atoms with E-state index in [-0.39, 0.29) is 0 Å². The van der Waals surface area contributed by atoms with Crippen LogP contribution in [0, 0.1) is 0 Å². The third-order valence-corrected chi connectivity index (χ3v) is 3.37. The minimum Gasteiger partial charge on any atom is -0.0853 e. The minimum absolute atomic E-state index is 1.11. The van der Waals surface area contributed by atoms with Gasteiger partial charge in [-0.15, -0.1) is 0 Å². The van der Waals surface area contributed by atoms with Crippen LogP contribution in [-0.4, -0.2) is 0 Å². The van der Waals surface area contributed by atoms with Crippen LogP contribution in [0.15, 0.2) is 34.9 Å². The van der Waals surface area contributed by atoms with Gasteiger partial charge in [0.15, 0.2) is 0 Å². The summed E-state index contributed by atoms with van der Waals surface area (Å²) < 4.78 is 0. The van der Waals surface area contributed by atoms with Gasteiger partial charge in [0.2, 0.25) is 0 Å². The lowest BCUT2D eigenvalue weighted by atomic mass is 10.1. The molecule has 0 N–H and O–H groups in total. The van der Waals surface area contributed by atoms with E-state index in [0.29, 0.717) is 0 Å². The molecule has 0 aliphatic rings. The summed E-state index contributed by atoms with van der Waals surface area (Å²) in [6, 6.07) is 0. The lowest BCUT2D eigenvalue weighted by Crippen LogP contribution is -1.80. The standard InChI is InChI=1S/C17H30/c1-6-15(4)11-9-12-16(5)13-10-14-17(7-2)8-3/h11,13-14H,6-10,12H2,1-5H3/b15-11+,16-13-. The van der Waals surface area contributed by atoms with Crippen molar-refractivity contribution in [1.82, 2.24) is 0 Å². The van der Waals surface area contributed by atoms with E-state index in [1.807, 2.05) is 0 Å². The molecule has 0 spiro atoms. The van der Waals surface area contributed by atoms with Crippen LogP contribution in [0.5, 0.6) is 0 Å². The summed E-state index contributed by atoms with van der Waals surface area (Å²) in [5.41, 5.74) is 4.61. The zero-order valence-corrected chi connectivity index (χ0v) is 12.5. The predicted molar refractivity (Wildman–Crippen MR) is 80.3 cm³/mol. The topological polar surface area (TPSA) is 0 Å². The average molecular weight is 234 g/mol. The van der Waals surface area contributed by atoms with Gasteiger partial charge >= 0.3 is 0 Å². The first-order chi connectivity index (χ1) is 8.13. The van der Waals surface area contributed by atoms with Crippen LogP contribution in [0.3, 0.4) is 0 Å². The van der Waals surface area contributed by atoms with Crippen molar-refractivity contribution in [3.05, 3.63) is 34.9 Å². The third-order valence-electron chi connectivity index (χ3n) is 3.37. The van der Waals surface area contributed by atoms with Gasteiger partial charge in [-0.1, -0.05) is 55.7 Å². The first kappa shape index (κ1) is 16.2. The van der Waals surface area contributed by atoms with Crippen LogP contribution >= 0.6 is 0 Å². The fourth-order valence-corrected chi connectivity index (χ4v) is 1.76. The van der Waals surface area contributed by atoms with Crippen molar-refractivity contribution in [3.63, 3.8) is 0 Å². The van der Waals surface area contributed by atoms with Crippen molar-refractivity contribution in [3.8, 4) is 0 Å². The van der Waals surface area contributed by atoms with Crippen molar-refractivity contribution in [2.75, 3.05) is 0 Å². The molecule has 98 valence electrons. The summed E-state index contributed by atoms with van der Waals surface area (Å²) in [7, 11) is 0. The quantitative estimate of drug-likeness (QED) is 0.438. The van der Waals surface area contributed by atoms with E-state index in [1.165, 1.54) is 43.3 Å². The minimum atomic E-state index is 1.11. The van der Waals surface area contributed by atoms with Crippen molar-refractivity contribution in [2.24, 2.45) is 0 Å². The Hall–Kier alpha value is -0.780. The Morgan fingerprint density at radius 2 is 1.41 bits per heavy atom. The molecule has 0 aromatic rings. The number of hydrogen-bond acceptors (Lipinski definition) is 0. The first-order valence-electron chi connectivity index (χ1n) is 7.13. The first-order valence-corrected chi connectivity index (χ1v) is 7.13. The highest BCUT2D eigenvalue weighted by molar-refractivity contribution is 5.08. The van der Waals surface area contributed by atoms with Gasteiger partial charge in [0.25, 0.3) is 0 Å². The summed E-state index contributed by atoms with van der Waals surface area (Å²) in [6.45, 7) is 11.2. The number of hydrogen-bond donors (Lipinski definition) is 0. The summed E-state index contributed by atoms with van der Waals surface area (Å²) in [5, 5.41) is 0. The summed E-state index contributed by atoms with van der Waals surface area (Å²) >= 11 is 0. The molecule has 0 bridgehead atoms. The molecular formula is C17H30. The Balaban J connectivity index is 3.98. The second-order valence-electron chi connectivity index (χ2n) is 4.80. The normalized spacial score (nSPS) is 12.8. The van der Waals surface area contributed by atoms with Gasteiger partial charge < -0.3 is 0 Å². The van der Waals surface area contributed by atoms with Crippen LogP contribution in [-0.2, 0) is 0 Å². The zero-order valence-electron chi connectivity index (χ0n) is 12.5. The van der Waals surface area contributed by atoms with Gasteiger partial charge in [0.05, 0.1) is 0 Å². The third kappa shape index (κ3) is 8.97. The van der Waals surface area contributed by atoms with Crippen LogP contribution in [0.1, 0.15) is 73.1 Å². The highest BCUT2D eigenvalue weighted by Crippen LogP contribution is 2.11. The summed E-state index contributed by atoms with van der Waals surface area (Å²) in [5.74, 6) is 0. The van der Waals surface area contributed by atoms with E-state index in [4.69, 9.17) is 0 Å². The lowest BCUT2D eigenvalue weighted by molar-refractivity contribution is 0.936. The maximum absolute atomic E-state index is 2.39. The van der Waals surface area contributed by atoms with Crippen LogP contribution in [0.25, 0.3) is 0 Å². The molecule has 0 nitrogen and oxygen atoms in total. The Morgan fingerprint density at radius 3 is 1.94 bits per heavy atom. The molecule has 0 atom stereocenters. The molecule has 0 heterocycles. The molecule has 0 amide bonds. The molecule has 17 heavy (non-hydrogen) atoms. The molecule has 0 saturated heterocycles. The van der Waals surface area contributed by atoms with Gasteiger partial charge in [-0.2, -0.15) is 0 Å². The molecule has 0 radical (unpaired) electrons. The second-order valence-corrected chi connectivity index (χ2v) is 4.80. The van der Waals surface area contributed by atoms with Gasteiger partial charge in [-0.3, -0.25) is 0 Å². The largest absolute Gasteiger partial charge is 0.0853 e. The SMILES string of the molecule is CCC(=CC/C=C(/C)CC/C=C(\C)CC)CC. The molecular weight excluding hydrogens is 204 g/mol. The molecule has 0 unspecified atom stereocenters. The lowest BCUT2D eigenvalue weighted by Gasteiger charge is -2.01. The van der Waals surface area contributed by atoms with E-state index in [0.717, 1.165) is 6.42 Å². The highest BCUT2D eigenvalue weighted by Gasteiger charge is 1.91. The van der Waals surface area contributed by atoms with Gasteiger partial charge in [-0.05, 0) is 52.4 Å². The predicted octanol–water partition coefficient (Wildman–Crippen LogP) is 6.21. The molecule has 0 heteroatoms. The molecule has 0 saturated carbocycles. The smallest absolute Gasteiger partial charge is 0.0164 e. The van der Waals surface area contributed by atoms with E-state index in [1.54, 1.807) is 5.57 Å². The van der Waals surface area contributed by atoms with Crippen LogP contribution in [0.4, 0.5) is 0 Å². The van der Waals surface area contributed by atoms with Gasteiger partial charge in [0.1, 0.15) is 0 Å². The van der Waals surface area contributed by atoms with Crippen molar-refractivity contribution in [1.29, 1.82) is 0 Å². The van der Waals surface area contributed by atoms with Crippen molar-refractivity contribution >= 4 is 0 Å². The van der Waals surface area contributed by atoms with E-state index in [9.17, 15) is 0 Å². The van der Waals surface area contributed by atoms with Gasteiger partial charge in [0, 0.05) is 0 Å². The summed E-state index contributed by atoms with van der Waals surface area (Å²) in [4.78, 5) is 0. The zero-order chi connectivity index (χ0) is 13.1. The Bertz CT molecular complexity index is 270. The number of rotatable bonds is 8. The van der Waals surface area contributed by atoms with Crippen molar-refractivity contribution < 1.29 is 0 Å². The Labute approximate surface area is 109 Å². The van der Waals surface area contributed by atoms with Crippen LogP contribution < -0.4 is 0 Å². The van der Waals surface area contributed by atoms with E-state index >= 15 is 0 Å². The Kier molecular flexibility index (Phi) is 9.90. The maximum Gasteiger partial charge on any atom is -0.0164 e. The van der Waals surface area contributed by atoms with Gasteiger partial charge in [-0.25, -0.2) is 0 Å². The average Bonchev–Trinajstić information content (AvgIpc) is 2.34. The second kappa shape index (κ2) is 10.4. The monoisotopic (exact) mass is 234 g/mol.